The van der Waals surface area contributed by atoms with Crippen LogP contribution in [0.2, 0.25) is 0 Å². The van der Waals surface area contributed by atoms with Crippen LogP contribution in [0.4, 0.5) is 5.69 Å². The maximum atomic E-state index is 8.60. The largest absolute Gasteiger partial charge is 0.360 e. The minimum Gasteiger partial charge on any atom is -0.360 e. The summed E-state index contributed by atoms with van der Waals surface area (Å²) in [7, 11) is 0. The molecule has 0 saturated heterocycles. The predicted octanol–water partition coefficient (Wildman–Crippen LogP) is 1.63. The zero-order valence-electron chi connectivity index (χ0n) is 8.62. The van der Waals surface area contributed by atoms with E-state index >= 15 is 0 Å². The van der Waals surface area contributed by atoms with E-state index in [-0.39, 0.29) is 5.57 Å². The molecule has 0 unspecified atom stereocenters. The van der Waals surface area contributed by atoms with E-state index in [9.17, 15) is 0 Å². The van der Waals surface area contributed by atoms with Crippen molar-refractivity contribution in [3.8, 4) is 12.1 Å². The molecular formula is C12H10N4. The van der Waals surface area contributed by atoms with Gasteiger partial charge in [0, 0.05) is 25.0 Å². The summed E-state index contributed by atoms with van der Waals surface area (Å²) in [6.07, 6.45) is 1.44. The van der Waals surface area contributed by atoms with Crippen LogP contribution >= 0.6 is 0 Å². The second-order valence-corrected chi connectivity index (χ2v) is 3.47. The van der Waals surface area contributed by atoms with Crippen molar-refractivity contribution in [3.05, 3.63) is 41.1 Å². The Morgan fingerprint density at radius 2 is 2.12 bits per heavy atom. The zero-order valence-corrected chi connectivity index (χ0v) is 8.62. The van der Waals surface area contributed by atoms with Gasteiger partial charge in [0.2, 0.25) is 0 Å². The van der Waals surface area contributed by atoms with Crippen molar-refractivity contribution in [1.82, 2.24) is 5.32 Å². The highest BCUT2D eigenvalue weighted by atomic mass is 14.9. The van der Waals surface area contributed by atoms with Crippen molar-refractivity contribution in [3.63, 3.8) is 0 Å². The Labute approximate surface area is 93.8 Å². The molecule has 1 aliphatic heterocycles. The van der Waals surface area contributed by atoms with Crippen LogP contribution in [-0.4, -0.2) is 0 Å². The lowest BCUT2D eigenvalue weighted by Gasteiger charge is -2.06. The molecule has 0 spiro atoms. The molecule has 0 radical (unpaired) electrons. The van der Waals surface area contributed by atoms with Gasteiger partial charge in [0.15, 0.2) is 0 Å². The third-order valence-corrected chi connectivity index (χ3v) is 2.50. The number of hydrogen-bond donors (Lipinski definition) is 2. The monoisotopic (exact) mass is 210 g/mol. The molecule has 2 N–H and O–H groups in total. The molecule has 2 rings (SSSR count). The molecule has 1 aromatic rings. The lowest BCUT2D eigenvalue weighted by Crippen LogP contribution is -2.01. The van der Waals surface area contributed by atoms with Crippen molar-refractivity contribution in [2.45, 2.75) is 13.1 Å². The van der Waals surface area contributed by atoms with Crippen LogP contribution < -0.4 is 10.6 Å². The van der Waals surface area contributed by atoms with Crippen LogP contribution in [0.1, 0.15) is 11.1 Å². The van der Waals surface area contributed by atoms with Crippen molar-refractivity contribution in [2.75, 3.05) is 5.32 Å². The first-order valence-corrected chi connectivity index (χ1v) is 4.93. The molecule has 0 aliphatic carbocycles. The van der Waals surface area contributed by atoms with Crippen molar-refractivity contribution < 1.29 is 0 Å². The van der Waals surface area contributed by atoms with Crippen molar-refractivity contribution in [1.29, 1.82) is 10.5 Å². The van der Waals surface area contributed by atoms with E-state index in [0.29, 0.717) is 0 Å². The van der Waals surface area contributed by atoms with Gasteiger partial charge in [0.05, 0.1) is 0 Å². The molecule has 0 atom stereocenters. The van der Waals surface area contributed by atoms with Gasteiger partial charge in [-0.2, -0.15) is 10.5 Å². The van der Waals surface area contributed by atoms with Crippen LogP contribution in [0, 0.1) is 22.7 Å². The molecular weight excluding hydrogens is 200 g/mol. The Morgan fingerprint density at radius 1 is 1.31 bits per heavy atom. The van der Waals surface area contributed by atoms with Gasteiger partial charge in [-0.3, -0.25) is 0 Å². The van der Waals surface area contributed by atoms with Gasteiger partial charge in [-0.05, 0) is 17.2 Å². The topological polar surface area (TPSA) is 71.6 Å². The van der Waals surface area contributed by atoms with Gasteiger partial charge in [-0.25, -0.2) is 0 Å². The number of allylic oxidation sites excluding steroid dienone is 1. The van der Waals surface area contributed by atoms with Gasteiger partial charge in [0.1, 0.15) is 17.7 Å². The van der Waals surface area contributed by atoms with Gasteiger partial charge in [-0.15, -0.1) is 0 Å². The van der Waals surface area contributed by atoms with Crippen molar-refractivity contribution >= 4 is 5.69 Å². The molecule has 16 heavy (non-hydrogen) atoms. The summed E-state index contributed by atoms with van der Waals surface area (Å²) in [5.74, 6) is 0. The Balaban J connectivity index is 2.25. The van der Waals surface area contributed by atoms with E-state index in [1.54, 1.807) is 0 Å². The number of nitrogens with one attached hydrogen (secondary N) is 2. The summed E-state index contributed by atoms with van der Waals surface area (Å²) in [5, 5.41) is 23.5. The fourth-order valence-corrected chi connectivity index (χ4v) is 1.71. The number of nitrogens with zero attached hydrogens (tertiary/aromatic N) is 2. The van der Waals surface area contributed by atoms with Crippen LogP contribution in [0.25, 0.3) is 0 Å². The quantitative estimate of drug-likeness (QED) is 0.728. The zero-order chi connectivity index (χ0) is 11.4. The number of anilines is 1. The van der Waals surface area contributed by atoms with E-state index in [1.165, 1.54) is 17.3 Å². The minimum atomic E-state index is 0.0727. The third kappa shape index (κ3) is 1.88. The lowest BCUT2D eigenvalue weighted by atomic mass is 10.1. The fraction of sp³-hybridized carbons (Fsp3) is 0.167. The highest BCUT2D eigenvalue weighted by Gasteiger charge is 2.12. The predicted molar refractivity (Wildman–Crippen MR) is 59.9 cm³/mol. The van der Waals surface area contributed by atoms with Crippen molar-refractivity contribution in [2.24, 2.45) is 0 Å². The summed E-state index contributed by atoms with van der Waals surface area (Å²) in [5.41, 5.74) is 3.48. The third-order valence-electron chi connectivity index (χ3n) is 2.50. The van der Waals surface area contributed by atoms with Crippen LogP contribution in [-0.2, 0) is 13.1 Å². The number of nitriles is 2. The average Bonchev–Trinajstić information content (AvgIpc) is 2.79. The molecule has 0 aromatic heterocycles. The van der Waals surface area contributed by atoms with Crippen LogP contribution in [0.15, 0.2) is 30.0 Å². The molecule has 4 nitrogen and oxygen atoms in total. The van der Waals surface area contributed by atoms with Gasteiger partial charge in [0.25, 0.3) is 0 Å². The van der Waals surface area contributed by atoms with Gasteiger partial charge in [-0.1, -0.05) is 12.1 Å². The molecule has 0 amide bonds. The molecule has 0 fully saturated rings. The molecule has 4 heteroatoms. The first kappa shape index (κ1) is 10.2. The van der Waals surface area contributed by atoms with Crippen LogP contribution in [0.5, 0.6) is 0 Å². The van der Waals surface area contributed by atoms with E-state index in [4.69, 9.17) is 10.5 Å². The standard InChI is InChI=1S/C12H10N4/c13-4-9(5-14)6-16-12-3-1-2-10-7-15-8-11(10)12/h1-3,6,15-16H,7-8H2. The van der Waals surface area contributed by atoms with Crippen LogP contribution in [0.3, 0.4) is 0 Å². The minimum absolute atomic E-state index is 0.0727. The number of fused-ring (bicyclic) bond motifs is 1. The maximum Gasteiger partial charge on any atom is 0.145 e. The summed E-state index contributed by atoms with van der Waals surface area (Å²) in [6.45, 7) is 1.69. The Hall–Kier alpha value is -2.30. The first-order chi connectivity index (χ1) is 7.85. The normalized spacial score (nSPS) is 12.1. The Morgan fingerprint density at radius 3 is 2.88 bits per heavy atom. The SMILES string of the molecule is N#CC(C#N)=CNc1cccc2c1CNC2. The molecule has 1 aromatic carbocycles. The lowest BCUT2D eigenvalue weighted by molar-refractivity contribution is 0.765. The molecule has 78 valence electrons. The smallest absolute Gasteiger partial charge is 0.145 e. The summed E-state index contributed by atoms with van der Waals surface area (Å²) < 4.78 is 0. The number of hydrogen-bond acceptors (Lipinski definition) is 4. The average molecular weight is 210 g/mol. The molecule has 1 heterocycles. The Kier molecular flexibility index (Phi) is 2.86. The van der Waals surface area contributed by atoms with E-state index in [2.05, 4.69) is 16.7 Å². The van der Waals surface area contributed by atoms with Gasteiger partial charge < -0.3 is 10.6 Å². The highest BCUT2D eigenvalue weighted by Crippen LogP contribution is 2.24. The van der Waals surface area contributed by atoms with E-state index in [0.717, 1.165) is 18.8 Å². The highest BCUT2D eigenvalue weighted by molar-refractivity contribution is 5.58. The molecule has 1 aliphatic rings. The molecule has 0 bridgehead atoms. The fourth-order valence-electron chi connectivity index (χ4n) is 1.71. The Bertz CT molecular complexity index is 501. The summed E-state index contributed by atoms with van der Waals surface area (Å²) in [6, 6.07) is 9.59. The van der Waals surface area contributed by atoms with E-state index < -0.39 is 0 Å². The van der Waals surface area contributed by atoms with Gasteiger partial charge >= 0.3 is 0 Å². The summed E-state index contributed by atoms with van der Waals surface area (Å²) >= 11 is 0. The second kappa shape index (κ2) is 4.48. The number of rotatable bonds is 2. The first-order valence-electron chi connectivity index (χ1n) is 4.93. The molecule has 0 saturated carbocycles. The van der Waals surface area contributed by atoms with E-state index in [1.807, 2.05) is 24.3 Å². The number of benzene rings is 1. The second-order valence-electron chi connectivity index (χ2n) is 3.47. The maximum absolute atomic E-state index is 8.60. The summed E-state index contributed by atoms with van der Waals surface area (Å²) in [4.78, 5) is 0.